The topological polar surface area (TPSA) is 68.9 Å². The number of rotatable bonds is 7. The number of aliphatic imine (C=N–C) groups is 1. The van der Waals surface area contributed by atoms with Crippen molar-refractivity contribution in [3.8, 4) is 11.5 Å². The van der Waals surface area contributed by atoms with Crippen molar-refractivity contribution in [2.24, 2.45) is 10.7 Å². The molecule has 0 saturated heterocycles. The predicted octanol–water partition coefficient (Wildman–Crippen LogP) is 4.78. The molecule has 0 atom stereocenters. The van der Waals surface area contributed by atoms with Crippen LogP contribution in [0.3, 0.4) is 0 Å². The van der Waals surface area contributed by atoms with E-state index in [1.807, 2.05) is 36.4 Å². The summed E-state index contributed by atoms with van der Waals surface area (Å²) in [6.45, 7) is 0.502. The third-order valence-corrected chi connectivity index (χ3v) is 5.01. The van der Waals surface area contributed by atoms with Crippen LogP contribution >= 0.6 is 11.8 Å². The van der Waals surface area contributed by atoms with E-state index in [1.165, 1.54) is 9.79 Å². The maximum absolute atomic E-state index is 6.01. The number of anilines is 1. The molecule has 0 aliphatic carbocycles. The highest BCUT2D eigenvalue weighted by Crippen LogP contribution is 2.30. The SMILES string of the molecule is COc1ccc(NC(N)=NCc2ccc(Sc3ccccc3)cc2)cc1OC. The summed E-state index contributed by atoms with van der Waals surface area (Å²) in [5.41, 5.74) is 7.89. The van der Waals surface area contributed by atoms with E-state index >= 15 is 0 Å². The first-order valence-electron chi connectivity index (χ1n) is 8.79. The quantitative estimate of drug-likeness (QED) is 0.446. The van der Waals surface area contributed by atoms with E-state index in [0.29, 0.717) is 24.0 Å². The average molecular weight is 394 g/mol. The number of hydrogen-bond donors (Lipinski definition) is 2. The highest BCUT2D eigenvalue weighted by molar-refractivity contribution is 7.99. The number of nitrogens with one attached hydrogen (secondary N) is 1. The molecular formula is C22H23N3O2S. The molecule has 0 fully saturated rings. The van der Waals surface area contributed by atoms with E-state index in [9.17, 15) is 0 Å². The number of nitrogens with two attached hydrogens (primary N) is 1. The average Bonchev–Trinajstić information content (AvgIpc) is 2.74. The summed E-state index contributed by atoms with van der Waals surface area (Å²) in [7, 11) is 3.20. The van der Waals surface area contributed by atoms with E-state index in [0.717, 1.165) is 11.3 Å². The number of benzene rings is 3. The second-order valence-corrected chi connectivity index (χ2v) is 7.10. The Labute approximate surface area is 169 Å². The first kappa shape index (κ1) is 19.6. The summed E-state index contributed by atoms with van der Waals surface area (Å²) in [4.78, 5) is 6.82. The molecule has 0 bridgehead atoms. The van der Waals surface area contributed by atoms with Gasteiger partial charge in [0.15, 0.2) is 17.5 Å². The van der Waals surface area contributed by atoms with Crippen LogP contribution < -0.4 is 20.5 Å². The molecule has 0 radical (unpaired) electrons. The van der Waals surface area contributed by atoms with E-state index in [-0.39, 0.29) is 0 Å². The van der Waals surface area contributed by atoms with Gasteiger partial charge in [0.2, 0.25) is 0 Å². The Morgan fingerprint density at radius 1 is 0.893 bits per heavy atom. The summed E-state index contributed by atoms with van der Waals surface area (Å²) >= 11 is 1.73. The van der Waals surface area contributed by atoms with Gasteiger partial charge < -0.3 is 20.5 Å². The molecule has 0 heterocycles. The lowest BCUT2D eigenvalue weighted by Gasteiger charge is -2.11. The summed E-state index contributed by atoms with van der Waals surface area (Å²) in [5.74, 6) is 1.64. The molecule has 0 aromatic heterocycles. The molecule has 0 saturated carbocycles. The van der Waals surface area contributed by atoms with Crippen molar-refractivity contribution in [1.82, 2.24) is 0 Å². The highest BCUT2D eigenvalue weighted by atomic mass is 32.2. The fourth-order valence-corrected chi connectivity index (χ4v) is 3.40. The van der Waals surface area contributed by atoms with Gasteiger partial charge in [0.05, 0.1) is 20.8 Å². The minimum absolute atomic E-state index is 0.343. The molecule has 6 heteroatoms. The number of hydrogen-bond acceptors (Lipinski definition) is 4. The van der Waals surface area contributed by atoms with Crippen LogP contribution in [0.15, 0.2) is 87.6 Å². The van der Waals surface area contributed by atoms with Crippen LogP contribution in [-0.2, 0) is 6.54 Å². The predicted molar refractivity (Wildman–Crippen MR) is 116 cm³/mol. The summed E-state index contributed by atoms with van der Waals surface area (Å²) in [6, 6.07) is 24.1. The van der Waals surface area contributed by atoms with Gasteiger partial charge in [0, 0.05) is 21.5 Å². The van der Waals surface area contributed by atoms with E-state index < -0.39 is 0 Å². The van der Waals surface area contributed by atoms with Gasteiger partial charge in [-0.3, -0.25) is 0 Å². The second-order valence-electron chi connectivity index (χ2n) is 5.96. The second kappa shape index (κ2) is 9.71. The van der Waals surface area contributed by atoms with Gasteiger partial charge >= 0.3 is 0 Å². The molecule has 144 valence electrons. The molecule has 0 aliphatic heterocycles. The molecular weight excluding hydrogens is 370 g/mol. The maximum Gasteiger partial charge on any atom is 0.193 e. The minimum atomic E-state index is 0.343. The standard InChI is InChI=1S/C22H23N3O2S/c1-26-20-13-10-17(14-21(20)27-2)25-22(23)24-15-16-8-11-19(12-9-16)28-18-6-4-3-5-7-18/h3-14H,15H2,1-2H3,(H3,23,24,25). The van der Waals surface area contributed by atoms with Crippen LogP contribution in [0.4, 0.5) is 5.69 Å². The van der Waals surface area contributed by atoms with Crippen molar-refractivity contribution in [1.29, 1.82) is 0 Å². The summed E-state index contributed by atoms with van der Waals surface area (Å²) in [6.07, 6.45) is 0. The third-order valence-electron chi connectivity index (χ3n) is 3.99. The summed E-state index contributed by atoms with van der Waals surface area (Å²) < 4.78 is 10.5. The molecule has 28 heavy (non-hydrogen) atoms. The van der Waals surface area contributed by atoms with Crippen molar-refractivity contribution in [2.75, 3.05) is 19.5 Å². The maximum atomic E-state index is 6.01. The Hall–Kier alpha value is -3.12. The lowest BCUT2D eigenvalue weighted by molar-refractivity contribution is 0.355. The van der Waals surface area contributed by atoms with E-state index in [4.69, 9.17) is 15.2 Å². The number of guanidine groups is 1. The van der Waals surface area contributed by atoms with Gasteiger partial charge in [-0.05, 0) is 42.0 Å². The van der Waals surface area contributed by atoms with Crippen molar-refractivity contribution in [2.45, 2.75) is 16.3 Å². The van der Waals surface area contributed by atoms with Crippen molar-refractivity contribution >= 4 is 23.4 Å². The van der Waals surface area contributed by atoms with Gasteiger partial charge in [-0.25, -0.2) is 4.99 Å². The van der Waals surface area contributed by atoms with Crippen LogP contribution in [0.1, 0.15) is 5.56 Å². The van der Waals surface area contributed by atoms with Crippen molar-refractivity contribution in [3.05, 3.63) is 78.4 Å². The Morgan fingerprint density at radius 2 is 1.57 bits per heavy atom. The van der Waals surface area contributed by atoms with Gasteiger partial charge in [-0.15, -0.1) is 0 Å². The van der Waals surface area contributed by atoms with Gasteiger partial charge in [0.1, 0.15) is 0 Å². The van der Waals surface area contributed by atoms with Crippen LogP contribution in [0, 0.1) is 0 Å². The molecule has 3 aromatic carbocycles. The Balaban J connectivity index is 1.58. The Morgan fingerprint density at radius 3 is 2.25 bits per heavy atom. The van der Waals surface area contributed by atoms with Crippen molar-refractivity contribution in [3.63, 3.8) is 0 Å². The monoisotopic (exact) mass is 393 g/mol. The zero-order valence-electron chi connectivity index (χ0n) is 15.9. The lowest BCUT2D eigenvalue weighted by Crippen LogP contribution is -2.22. The number of nitrogens with zero attached hydrogens (tertiary/aromatic N) is 1. The summed E-state index contributed by atoms with van der Waals surface area (Å²) in [5, 5.41) is 3.07. The zero-order chi connectivity index (χ0) is 19.8. The molecule has 3 N–H and O–H groups in total. The first-order chi connectivity index (χ1) is 13.7. The fraction of sp³-hybridized carbons (Fsp3) is 0.136. The molecule has 5 nitrogen and oxygen atoms in total. The van der Waals surface area contributed by atoms with Crippen LogP contribution in [0.25, 0.3) is 0 Å². The minimum Gasteiger partial charge on any atom is -0.493 e. The largest absolute Gasteiger partial charge is 0.493 e. The van der Waals surface area contributed by atoms with Crippen LogP contribution in [-0.4, -0.2) is 20.2 Å². The van der Waals surface area contributed by atoms with E-state index in [2.05, 4.69) is 46.7 Å². The van der Waals surface area contributed by atoms with Crippen LogP contribution in [0.2, 0.25) is 0 Å². The number of methoxy groups -OCH3 is 2. The molecule has 0 spiro atoms. The van der Waals surface area contributed by atoms with Crippen molar-refractivity contribution < 1.29 is 9.47 Å². The lowest BCUT2D eigenvalue weighted by atomic mass is 10.2. The Bertz CT molecular complexity index is 928. The van der Waals surface area contributed by atoms with E-state index in [1.54, 1.807) is 26.0 Å². The number of ether oxygens (including phenoxy) is 2. The first-order valence-corrected chi connectivity index (χ1v) is 9.60. The van der Waals surface area contributed by atoms with Gasteiger partial charge in [-0.2, -0.15) is 0 Å². The molecule has 0 unspecified atom stereocenters. The molecule has 0 aliphatic rings. The Kier molecular flexibility index (Phi) is 6.81. The highest BCUT2D eigenvalue weighted by Gasteiger charge is 2.05. The third kappa shape index (κ3) is 5.44. The fourth-order valence-electron chi connectivity index (χ4n) is 2.57. The molecule has 3 rings (SSSR count). The smallest absolute Gasteiger partial charge is 0.193 e. The van der Waals surface area contributed by atoms with Gasteiger partial charge in [-0.1, -0.05) is 42.1 Å². The normalized spacial score (nSPS) is 11.1. The van der Waals surface area contributed by atoms with Crippen LogP contribution in [0.5, 0.6) is 11.5 Å². The zero-order valence-corrected chi connectivity index (χ0v) is 16.7. The van der Waals surface area contributed by atoms with Gasteiger partial charge in [0.25, 0.3) is 0 Å². The molecule has 0 amide bonds. The molecule has 3 aromatic rings.